The van der Waals surface area contributed by atoms with Gasteiger partial charge in [0.1, 0.15) is 0 Å². The maximum Gasteiger partial charge on any atom is 0.251 e. The number of rotatable bonds is 5. The van der Waals surface area contributed by atoms with Crippen LogP contribution in [0.15, 0.2) is 24.3 Å². The Labute approximate surface area is 126 Å². The van der Waals surface area contributed by atoms with Crippen molar-refractivity contribution in [2.75, 3.05) is 18.5 Å². The number of anilines is 1. The van der Waals surface area contributed by atoms with E-state index in [-0.39, 0.29) is 19.1 Å². The largest absolute Gasteiger partial charge is 0.395 e. The first-order valence-corrected chi connectivity index (χ1v) is 7.84. The predicted octanol–water partition coefficient (Wildman–Crippen LogP) is 2.65. The van der Waals surface area contributed by atoms with E-state index in [0.29, 0.717) is 11.6 Å². The Kier molecular flexibility index (Phi) is 5.62. The lowest BCUT2D eigenvalue weighted by Gasteiger charge is -2.32. The second kappa shape index (κ2) is 7.46. The van der Waals surface area contributed by atoms with E-state index >= 15 is 0 Å². The third kappa shape index (κ3) is 4.74. The average molecular weight is 290 g/mol. The van der Waals surface area contributed by atoms with Crippen molar-refractivity contribution in [3.63, 3.8) is 0 Å². The van der Waals surface area contributed by atoms with E-state index in [1.54, 1.807) is 0 Å². The second-order valence-corrected chi connectivity index (χ2v) is 6.32. The molecule has 0 aromatic heterocycles. The molecule has 2 rings (SSSR count). The summed E-state index contributed by atoms with van der Waals surface area (Å²) in [5.41, 5.74) is 1.69. The van der Waals surface area contributed by atoms with Gasteiger partial charge in [-0.1, -0.05) is 13.8 Å². The molecule has 116 valence electrons. The van der Waals surface area contributed by atoms with Crippen LogP contribution in [0.5, 0.6) is 0 Å². The highest BCUT2D eigenvalue weighted by Gasteiger charge is 2.23. The molecule has 0 spiro atoms. The SMILES string of the molecule is CC1CC(C)CC(Nc2ccc(C(=O)NCCO)cc2)C1. The van der Waals surface area contributed by atoms with Crippen LogP contribution in [0.25, 0.3) is 0 Å². The smallest absolute Gasteiger partial charge is 0.251 e. The van der Waals surface area contributed by atoms with Crippen molar-refractivity contribution in [3.8, 4) is 0 Å². The van der Waals surface area contributed by atoms with Crippen LogP contribution in [-0.4, -0.2) is 30.2 Å². The summed E-state index contributed by atoms with van der Waals surface area (Å²) in [5, 5.41) is 14.9. The summed E-state index contributed by atoms with van der Waals surface area (Å²) in [7, 11) is 0. The molecule has 4 heteroatoms. The molecule has 2 unspecified atom stereocenters. The molecule has 0 bridgehead atoms. The lowest BCUT2D eigenvalue weighted by atomic mass is 9.80. The van der Waals surface area contributed by atoms with E-state index in [1.807, 2.05) is 24.3 Å². The van der Waals surface area contributed by atoms with Gasteiger partial charge in [0.25, 0.3) is 5.91 Å². The molecule has 1 aliphatic carbocycles. The van der Waals surface area contributed by atoms with Gasteiger partial charge in [0.15, 0.2) is 0 Å². The summed E-state index contributed by atoms with van der Waals surface area (Å²) in [5.74, 6) is 1.40. The highest BCUT2D eigenvalue weighted by Crippen LogP contribution is 2.30. The Hall–Kier alpha value is -1.55. The van der Waals surface area contributed by atoms with E-state index < -0.39 is 0 Å². The number of carbonyl (C=O) groups excluding carboxylic acids is 1. The third-order valence-electron chi connectivity index (χ3n) is 4.09. The third-order valence-corrected chi connectivity index (χ3v) is 4.09. The quantitative estimate of drug-likeness (QED) is 0.781. The monoisotopic (exact) mass is 290 g/mol. The van der Waals surface area contributed by atoms with Crippen molar-refractivity contribution in [2.24, 2.45) is 11.8 Å². The lowest BCUT2D eigenvalue weighted by molar-refractivity contribution is 0.0945. The highest BCUT2D eigenvalue weighted by atomic mass is 16.3. The summed E-state index contributed by atoms with van der Waals surface area (Å²) in [6, 6.07) is 8.09. The maximum atomic E-state index is 11.7. The van der Waals surface area contributed by atoms with Crippen LogP contribution in [0.4, 0.5) is 5.69 Å². The second-order valence-electron chi connectivity index (χ2n) is 6.32. The first kappa shape index (κ1) is 15.8. The topological polar surface area (TPSA) is 61.4 Å². The fourth-order valence-corrected chi connectivity index (χ4v) is 3.29. The lowest BCUT2D eigenvalue weighted by Crippen LogP contribution is -2.30. The Morgan fingerprint density at radius 3 is 2.33 bits per heavy atom. The minimum atomic E-state index is -0.143. The number of benzene rings is 1. The predicted molar refractivity (Wildman–Crippen MR) is 85.5 cm³/mol. The van der Waals surface area contributed by atoms with Gasteiger partial charge < -0.3 is 15.7 Å². The molecule has 4 nitrogen and oxygen atoms in total. The zero-order valence-electron chi connectivity index (χ0n) is 12.9. The molecule has 1 saturated carbocycles. The van der Waals surface area contributed by atoms with Gasteiger partial charge in [-0.15, -0.1) is 0 Å². The van der Waals surface area contributed by atoms with Gasteiger partial charge in [-0.3, -0.25) is 4.79 Å². The molecular weight excluding hydrogens is 264 g/mol. The van der Waals surface area contributed by atoms with E-state index in [0.717, 1.165) is 17.5 Å². The maximum absolute atomic E-state index is 11.7. The first-order valence-electron chi connectivity index (χ1n) is 7.84. The van der Waals surface area contributed by atoms with E-state index in [9.17, 15) is 4.79 Å². The standard InChI is InChI=1S/C17H26N2O2/c1-12-9-13(2)11-16(10-12)19-15-5-3-14(4-6-15)17(21)18-7-8-20/h3-6,12-13,16,19-20H,7-11H2,1-2H3,(H,18,21). The van der Waals surface area contributed by atoms with Crippen LogP contribution in [0.3, 0.4) is 0 Å². The first-order chi connectivity index (χ1) is 10.1. The molecule has 2 atom stereocenters. The van der Waals surface area contributed by atoms with Gasteiger partial charge in [-0.05, 0) is 55.4 Å². The Morgan fingerprint density at radius 2 is 1.76 bits per heavy atom. The average Bonchev–Trinajstić information content (AvgIpc) is 2.44. The molecule has 1 aromatic rings. The number of hydrogen-bond donors (Lipinski definition) is 3. The molecular formula is C17H26N2O2. The molecule has 0 radical (unpaired) electrons. The van der Waals surface area contributed by atoms with Gasteiger partial charge in [0.05, 0.1) is 6.61 Å². The van der Waals surface area contributed by atoms with Crippen LogP contribution < -0.4 is 10.6 Å². The minimum absolute atomic E-state index is 0.0383. The molecule has 0 heterocycles. The number of carbonyl (C=O) groups is 1. The Bertz CT molecular complexity index is 448. The Morgan fingerprint density at radius 1 is 1.14 bits per heavy atom. The summed E-state index contributed by atoms with van der Waals surface area (Å²) >= 11 is 0. The zero-order chi connectivity index (χ0) is 15.2. The van der Waals surface area contributed by atoms with Crippen LogP contribution in [-0.2, 0) is 0 Å². The molecule has 1 aliphatic rings. The minimum Gasteiger partial charge on any atom is -0.395 e. The van der Waals surface area contributed by atoms with Crippen molar-refractivity contribution >= 4 is 11.6 Å². The fraction of sp³-hybridized carbons (Fsp3) is 0.588. The number of aliphatic hydroxyl groups excluding tert-OH is 1. The van der Waals surface area contributed by atoms with Gasteiger partial charge in [0, 0.05) is 23.8 Å². The number of amides is 1. The normalized spacial score (nSPS) is 25.4. The van der Waals surface area contributed by atoms with Gasteiger partial charge in [0.2, 0.25) is 0 Å². The number of hydrogen-bond acceptors (Lipinski definition) is 3. The summed E-state index contributed by atoms with van der Waals surface area (Å²) in [4.78, 5) is 11.7. The van der Waals surface area contributed by atoms with Crippen molar-refractivity contribution in [3.05, 3.63) is 29.8 Å². The van der Waals surface area contributed by atoms with Crippen LogP contribution in [0.2, 0.25) is 0 Å². The summed E-state index contributed by atoms with van der Waals surface area (Å²) in [6.07, 6.45) is 3.74. The Balaban J connectivity index is 1.91. The van der Waals surface area contributed by atoms with E-state index in [4.69, 9.17) is 5.11 Å². The fourth-order valence-electron chi connectivity index (χ4n) is 3.29. The zero-order valence-corrected chi connectivity index (χ0v) is 12.9. The van der Waals surface area contributed by atoms with Crippen molar-refractivity contribution in [1.29, 1.82) is 0 Å². The summed E-state index contributed by atoms with van der Waals surface area (Å²) in [6.45, 7) is 4.89. The van der Waals surface area contributed by atoms with Crippen LogP contribution in [0, 0.1) is 11.8 Å². The van der Waals surface area contributed by atoms with Gasteiger partial charge in [-0.2, -0.15) is 0 Å². The molecule has 1 fully saturated rings. The number of aliphatic hydroxyl groups is 1. The van der Waals surface area contributed by atoms with Gasteiger partial charge >= 0.3 is 0 Å². The molecule has 3 N–H and O–H groups in total. The van der Waals surface area contributed by atoms with E-state index in [1.165, 1.54) is 19.3 Å². The summed E-state index contributed by atoms with van der Waals surface area (Å²) < 4.78 is 0. The van der Waals surface area contributed by atoms with Crippen molar-refractivity contribution in [1.82, 2.24) is 5.32 Å². The van der Waals surface area contributed by atoms with Crippen molar-refractivity contribution < 1.29 is 9.90 Å². The van der Waals surface area contributed by atoms with Crippen molar-refractivity contribution in [2.45, 2.75) is 39.2 Å². The van der Waals surface area contributed by atoms with Crippen LogP contribution >= 0.6 is 0 Å². The molecule has 1 aromatic carbocycles. The highest BCUT2D eigenvalue weighted by molar-refractivity contribution is 5.94. The molecule has 21 heavy (non-hydrogen) atoms. The molecule has 0 aliphatic heterocycles. The van der Waals surface area contributed by atoms with Gasteiger partial charge in [-0.25, -0.2) is 0 Å². The van der Waals surface area contributed by atoms with E-state index in [2.05, 4.69) is 24.5 Å². The van der Waals surface area contributed by atoms with Crippen LogP contribution in [0.1, 0.15) is 43.5 Å². The number of nitrogens with one attached hydrogen (secondary N) is 2. The molecule has 1 amide bonds. The molecule has 0 saturated heterocycles.